The molecule has 0 saturated carbocycles. The Kier molecular flexibility index (Phi) is 5.35. The van der Waals surface area contributed by atoms with Crippen LogP contribution in [-0.4, -0.2) is 54.5 Å². The smallest absolute Gasteiger partial charge is 0.155 e. The molecule has 4 heterocycles. The summed E-state index contributed by atoms with van der Waals surface area (Å²) in [4.78, 5) is 6.82. The first-order valence-corrected chi connectivity index (χ1v) is 10.7. The van der Waals surface area contributed by atoms with Gasteiger partial charge in [-0.15, -0.1) is 11.3 Å². The highest BCUT2D eigenvalue weighted by atomic mass is 32.1. The molecular weight excluding hydrogens is 402 g/mol. The van der Waals surface area contributed by atoms with Crippen molar-refractivity contribution in [2.45, 2.75) is 0 Å². The molecule has 0 bridgehead atoms. The first-order chi connectivity index (χ1) is 14.8. The molecule has 0 spiro atoms. The molecule has 1 aliphatic rings. The van der Waals surface area contributed by atoms with Crippen molar-refractivity contribution < 1.29 is 19.1 Å². The summed E-state index contributed by atoms with van der Waals surface area (Å²) in [5.74, 6) is 1.25. The van der Waals surface area contributed by atoms with Crippen molar-refractivity contribution in [2.75, 3.05) is 39.5 Å². The van der Waals surface area contributed by atoms with E-state index in [2.05, 4.69) is 15.0 Å². The van der Waals surface area contributed by atoms with Crippen LogP contribution < -0.4 is 10.1 Å². The monoisotopic (exact) mass is 423 g/mol. The Labute approximate surface area is 176 Å². The summed E-state index contributed by atoms with van der Waals surface area (Å²) in [5.41, 5.74) is 1.27. The molecule has 30 heavy (non-hydrogen) atoms. The second-order valence-corrected chi connectivity index (χ2v) is 8.03. The van der Waals surface area contributed by atoms with Gasteiger partial charge in [0.1, 0.15) is 29.0 Å². The number of fused-ring (bicyclic) bond motifs is 2. The van der Waals surface area contributed by atoms with E-state index < -0.39 is 0 Å². The lowest BCUT2D eigenvalue weighted by atomic mass is 10.1. The van der Waals surface area contributed by atoms with E-state index in [1.165, 1.54) is 0 Å². The molecule has 0 atom stereocenters. The van der Waals surface area contributed by atoms with Crippen molar-refractivity contribution in [1.82, 2.24) is 9.88 Å². The first-order valence-electron chi connectivity index (χ1n) is 9.83. The number of hydrogen-bond acceptors (Lipinski definition) is 8. The lowest BCUT2D eigenvalue weighted by Gasteiger charge is -2.26. The summed E-state index contributed by atoms with van der Waals surface area (Å²) in [7, 11) is 0. The number of thiophene rings is 1. The van der Waals surface area contributed by atoms with Crippen molar-refractivity contribution in [3.63, 3.8) is 0 Å². The zero-order valence-corrected chi connectivity index (χ0v) is 17.1. The average molecular weight is 423 g/mol. The Balaban J connectivity index is 1.43. The van der Waals surface area contributed by atoms with E-state index in [9.17, 15) is 5.21 Å². The fourth-order valence-electron chi connectivity index (χ4n) is 3.57. The number of pyridine rings is 1. The highest BCUT2D eigenvalue weighted by Crippen LogP contribution is 2.27. The quantitative estimate of drug-likeness (QED) is 0.389. The minimum atomic E-state index is 0.429. The van der Waals surface area contributed by atoms with Crippen LogP contribution in [0.1, 0.15) is 0 Å². The van der Waals surface area contributed by atoms with E-state index in [0.717, 1.165) is 42.9 Å². The largest absolute Gasteiger partial charge is 0.492 e. The van der Waals surface area contributed by atoms with Gasteiger partial charge >= 0.3 is 0 Å². The molecule has 1 aliphatic heterocycles. The van der Waals surface area contributed by atoms with Crippen LogP contribution in [0.25, 0.3) is 32.5 Å². The van der Waals surface area contributed by atoms with E-state index in [0.29, 0.717) is 40.1 Å². The van der Waals surface area contributed by atoms with E-state index >= 15 is 0 Å². The van der Waals surface area contributed by atoms with Crippen molar-refractivity contribution in [3.05, 3.63) is 53.3 Å². The molecule has 0 radical (unpaired) electrons. The first kappa shape index (κ1) is 19.0. The zero-order valence-electron chi connectivity index (χ0n) is 16.3. The van der Waals surface area contributed by atoms with Crippen molar-refractivity contribution in [2.24, 2.45) is 5.16 Å². The molecule has 3 aromatic heterocycles. The standard InChI is InChI=1S/C22H21N3O4S/c26-24-18-13-21(19-11-15-3-10-30-22(15)14-23-19)29-20-12-16(1-2-17(18)20)28-9-6-25-4-7-27-8-5-25/h1-3,10-14,26H,4-9H2/b24-18-. The number of aromatic nitrogens is 1. The summed E-state index contributed by atoms with van der Waals surface area (Å²) in [6, 6.07) is 11.3. The zero-order chi connectivity index (χ0) is 20.3. The van der Waals surface area contributed by atoms with Crippen molar-refractivity contribution >= 4 is 32.4 Å². The van der Waals surface area contributed by atoms with Crippen LogP contribution in [-0.2, 0) is 4.74 Å². The molecule has 8 heteroatoms. The van der Waals surface area contributed by atoms with Crippen LogP contribution in [0, 0.1) is 0 Å². The number of morpholine rings is 1. The van der Waals surface area contributed by atoms with E-state index in [4.69, 9.17) is 13.9 Å². The predicted molar refractivity (Wildman–Crippen MR) is 115 cm³/mol. The topological polar surface area (TPSA) is 80.3 Å². The number of hydrogen-bond donors (Lipinski definition) is 1. The third-order valence-electron chi connectivity index (χ3n) is 5.20. The second kappa shape index (κ2) is 8.43. The number of ether oxygens (including phenoxy) is 2. The van der Waals surface area contributed by atoms with Gasteiger partial charge in [0.15, 0.2) is 5.76 Å². The van der Waals surface area contributed by atoms with Gasteiger partial charge in [0, 0.05) is 43.4 Å². The summed E-state index contributed by atoms with van der Waals surface area (Å²) < 4.78 is 18.5. The molecule has 1 N–H and O–H groups in total. The maximum atomic E-state index is 9.52. The van der Waals surface area contributed by atoms with Crippen molar-refractivity contribution in [3.8, 4) is 17.2 Å². The second-order valence-electron chi connectivity index (χ2n) is 7.08. The Hall–Kier alpha value is -2.94. The third-order valence-corrected chi connectivity index (χ3v) is 6.06. The van der Waals surface area contributed by atoms with E-state index in [1.54, 1.807) is 17.4 Å². The van der Waals surface area contributed by atoms with E-state index in [-0.39, 0.29) is 0 Å². The third kappa shape index (κ3) is 3.89. The maximum absolute atomic E-state index is 9.52. The van der Waals surface area contributed by atoms with Gasteiger partial charge in [0.05, 0.1) is 17.9 Å². The molecule has 7 nitrogen and oxygen atoms in total. The van der Waals surface area contributed by atoms with Gasteiger partial charge in [-0.3, -0.25) is 9.88 Å². The number of rotatable bonds is 5. The molecule has 1 saturated heterocycles. The lowest BCUT2D eigenvalue weighted by Crippen LogP contribution is -2.38. The fourth-order valence-corrected chi connectivity index (χ4v) is 4.31. The molecule has 1 fully saturated rings. The van der Waals surface area contributed by atoms with Gasteiger partial charge in [-0.25, -0.2) is 0 Å². The van der Waals surface area contributed by atoms with Crippen LogP contribution in [0.2, 0.25) is 0 Å². The summed E-state index contributed by atoms with van der Waals surface area (Å²) in [5, 5.41) is 17.2. The molecule has 0 amide bonds. The van der Waals surface area contributed by atoms with Gasteiger partial charge in [-0.2, -0.15) is 0 Å². The maximum Gasteiger partial charge on any atom is 0.155 e. The fraction of sp³-hybridized carbons (Fsp3) is 0.273. The average Bonchev–Trinajstić information content (AvgIpc) is 3.27. The Morgan fingerprint density at radius 1 is 1.17 bits per heavy atom. The van der Waals surface area contributed by atoms with Gasteiger partial charge in [-0.05, 0) is 35.0 Å². The molecule has 1 aromatic carbocycles. The summed E-state index contributed by atoms with van der Waals surface area (Å²) >= 11 is 1.64. The minimum absolute atomic E-state index is 0.429. The predicted octanol–water partition coefficient (Wildman–Crippen LogP) is 3.71. The Morgan fingerprint density at radius 3 is 2.93 bits per heavy atom. The normalized spacial score (nSPS) is 15.8. The Morgan fingerprint density at radius 2 is 2.07 bits per heavy atom. The van der Waals surface area contributed by atoms with Gasteiger partial charge in [0.25, 0.3) is 0 Å². The van der Waals surface area contributed by atoms with Crippen LogP contribution in [0.5, 0.6) is 5.75 Å². The van der Waals surface area contributed by atoms with Crippen LogP contribution in [0.3, 0.4) is 0 Å². The molecular formula is C22H21N3O4S. The van der Waals surface area contributed by atoms with Crippen molar-refractivity contribution in [1.29, 1.82) is 0 Å². The SMILES string of the molecule is O/N=c1/cc(-c2cc3ccsc3cn2)oc2cc(OCCN3CCOCC3)ccc12. The molecule has 0 unspecified atom stereocenters. The molecule has 4 aromatic rings. The number of benzene rings is 1. The molecule has 5 rings (SSSR count). The van der Waals surface area contributed by atoms with Gasteiger partial charge < -0.3 is 19.1 Å². The summed E-state index contributed by atoms with van der Waals surface area (Å²) in [6.45, 7) is 4.84. The van der Waals surface area contributed by atoms with Gasteiger partial charge in [0.2, 0.25) is 0 Å². The minimum Gasteiger partial charge on any atom is -0.492 e. The van der Waals surface area contributed by atoms with Crippen LogP contribution >= 0.6 is 11.3 Å². The number of nitrogens with zero attached hydrogens (tertiary/aromatic N) is 3. The molecule has 154 valence electrons. The molecule has 0 aliphatic carbocycles. The lowest BCUT2D eigenvalue weighted by molar-refractivity contribution is 0.0322. The Bertz CT molecular complexity index is 1240. The highest BCUT2D eigenvalue weighted by Gasteiger charge is 2.12. The van der Waals surface area contributed by atoms with Gasteiger partial charge in [-0.1, -0.05) is 5.16 Å². The van der Waals surface area contributed by atoms with Crippen LogP contribution in [0.15, 0.2) is 57.5 Å². The summed E-state index contributed by atoms with van der Waals surface area (Å²) in [6.07, 6.45) is 1.83. The van der Waals surface area contributed by atoms with Crippen LogP contribution in [0.4, 0.5) is 0 Å². The van der Waals surface area contributed by atoms with E-state index in [1.807, 2.05) is 41.9 Å². The highest BCUT2D eigenvalue weighted by molar-refractivity contribution is 7.17.